The van der Waals surface area contributed by atoms with Gasteiger partial charge in [0.05, 0.1) is 11.6 Å². The number of benzene rings is 1. The van der Waals surface area contributed by atoms with Crippen LogP contribution in [0.1, 0.15) is 40.9 Å². The molecule has 2 aliphatic rings. The van der Waals surface area contributed by atoms with E-state index in [-0.39, 0.29) is 11.7 Å². The van der Waals surface area contributed by atoms with Crippen LogP contribution in [-0.4, -0.2) is 40.2 Å². The molecule has 2 aromatic rings. The molecule has 132 valence electrons. The second kappa shape index (κ2) is 6.15. The molecule has 0 radical (unpaired) electrons. The fraction of sp³-hybridized carbons (Fsp3) is 0.444. The lowest BCUT2D eigenvalue weighted by Crippen LogP contribution is -2.34. The standard InChI is InChI=1S/C18H22FN5O/c1-2-23-8-6-13-16(10-23)24(22-17(13)20)18(25)12-5-7-21-15-4-3-11(19)9-14(12)15/h3-4,9,12,21H,2,5-8,10H2,1H3,(H2,20,22). The summed E-state index contributed by atoms with van der Waals surface area (Å²) in [6.07, 6.45) is 1.42. The Bertz CT molecular complexity index is 831. The maximum atomic E-state index is 13.7. The van der Waals surface area contributed by atoms with Crippen molar-refractivity contribution in [3.05, 3.63) is 40.8 Å². The average Bonchev–Trinajstić information content (AvgIpc) is 2.96. The monoisotopic (exact) mass is 343 g/mol. The molecule has 1 aromatic heterocycles. The van der Waals surface area contributed by atoms with Crippen LogP contribution in [0.5, 0.6) is 0 Å². The van der Waals surface area contributed by atoms with Crippen LogP contribution >= 0.6 is 0 Å². The number of nitrogens with one attached hydrogen (secondary N) is 1. The minimum atomic E-state index is -0.410. The van der Waals surface area contributed by atoms with E-state index in [9.17, 15) is 9.18 Å². The second-order valence-corrected chi connectivity index (χ2v) is 6.68. The first-order chi connectivity index (χ1) is 12.1. The Morgan fingerprint density at radius 1 is 1.48 bits per heavy atom. The Morgan fingerprint density at radius 3 is 3.12 bits per heavy atom. The Kier molecular flexibility index (Phi) is 3.95. The van der Waals surface area contributed by atoms with Gasteiger partial charge in [-0.3, -0.25) is 9.69 Å². The lowest BCUT2D eigenvalue weighted by Gasteiger charge is -2.28. The lowest BCUT2D eigenvalue weighted by molar-refractivity contribution is 0.0847. The van der Waals surface area contributed by atoms with E-state index in [1.54, 1.807) is 6.07 Å². The number of carbonyl (C=O) groups excluding carboxylic acids is 1. The summed E-state index contributed by atoms with van der Waals surface area (Å²) in [6, 6.07) is 4.54. The smallest absolute Gasteiger partial charge is 0.254 e. The summed E-state index contributed by atoms with van der Waals surface area (Å²) in [5.41, 5.74) is 9.43. The Hall–Kier alpha value is -2.41. The van der Waals surface area contributed by atoms with Gasteiger partial charge in [-0.1, -0.05) is 6.92 Å². The molecule has 7 heteroatoms. The first-order valence-corrected chi connectivity index (χ1v) is 8.74. The van der Waals surface area contributed by atoms with Crippen molar-refractivity contribution in [1.29, 1.82) is 0 Å². The first-order valence-electron chi connectivity index (χ1n) is 8.74. The van der Waals surface area contributed by atoms with E-state index in [1.165, 1.54) is 16.8 Å². The molecule has 6 nitrogen and oxygen atoms in total. The second-order valence-electron chi connectivity index (χ2n) is 6.68. The number of hydrogen-bond donors (Lipinski definition) is 2. The van der Waals surface area contributed by atoms with E-state index in [0.29, 0.717) is 30.9 Å². The molecule has 1 atom stereocenters. The molecule has 0 saturated heterocycles. The van der Waals surface area contributed by atoms with Gasteiger partial charge in [0.15, 0.2) is 0 Å². The highest BCUT2D eigenvalue weighted by molar-refractivity contribution is 5.89. The Balaban J connectivity index is 1.73. The van der Waals surface area contributed by atoms with Crippen molar-refractivity contribution in [2.45, 2.75) is 32.2 Å². The molecule has 1 aromatic carbocycles. The van der Waals surface area contributed by atoms with Gasteiger partial charge in [0, 0.05) is 30.9 Å². The van der Waals surface area contributed by atoms with Crippen LogP contribution in [0, 0.1) is 5.82 Å². The highest BCUT2D eigenvalue weighted by Gasteiger charge is 2.32. The van der Waals surface area contributed by atoms with Gasteiger partial charge in [0.2, 0.25) is 0 Å². The lowest BCUT2D eigenvalue weighted by atomic mass is 9.90. The number of nitrogens with zero attached hydrogens (tertiary/aromatic N) is 3. The highest BCUT2D eigenvalue weighted by atomic mass is 19.1. The van der Waals surface area contributed by atoms with E-state index in [1.807, 2.05) is 0 Å². The zero-order chi connectivity index (χ0) is 17.6. The van der Waals surface area contributed by atoms with E-state index in [0.717, 1.165) is 36.5 Å². The molecule has 0 amide bonds. The molecule has 3 heterocycles. The summed E-state index contributed by atoms with van der Waals surface area (Å²) >= 11 is 0. The van der Waals surface area contributed by atoms with Crippen LogP contribution in [0.2, 0.25) is 0 Å². The molecular weight excluding hydrogens is 321 g/mol. The van der Waals surface area contributed by atoms with Crippen molar-refractivity contribution < 1.29 is 9.18 Å². The largest absolute Gasteiger partial charge is 0.385 e. The van der Waals surface area contributed by atoms with E-state index in [2.05, 4.69) is 22.2 Å². The van der Waals surface area contributed by atoms with Gasteiger partial charge in [-0.15, -0.1) is 5.10 Å². The first kappa shape index (κ1) is 16.1. The van der Waals surface area contributed by atoms with Crippen LogP contribution in [0.4, 0.5) is 15.9 Å². The summed E-state index contributed by atoms with van der Waals surface area (Å²) in [4.78, 5) is 15.5. The van der Waals surface area contributed by atoms with Gasteiger partial charge < -0.3 is 11.1 Å². The van der Waals surface area contributed by atoms with Crippen molar-refractivity contribution in [3.63, 3.8) is 0 Å². The summed E-state index contributed by atoms with van der Waals surface area (Å²) < 4.78 is 15.2. The van der Waals surface area contributed by atoms with Crippen molar-refractivity contribution in [1.82, 2.24) is 14.7 Å². The number of halogens is 1. The molecule has 4 rings (SSSR count). The van der Waals surface area contributed by atoms with Crippen LogP contribution in [0.3, 0.4) is 0 Å². The fourth-order valence-corrected chi connectivity index (χ4v) is 3.85. The molecule has 25 heavy (non-hydrogen) atoms. The number of hydrogen-bond acceptors (Lipinski definition) is 5. The molecule has 3 N–H and O–H groups in total. The number of anilines is 2. The number of nitrogens with two attached hydrogens (primary N) is 1. The molecule has 0 spiro atoms. The number of rotatable bonds is 2. The maximum absolute atomic E-state index is 13.7. The third-order valence-electron chi connectivity index (χ3n) is 5.26. The normalized spacial score (nSPS) is 19.8. The van der Waals surface area contributed by atoms with E-state index >= 15 is 0 Å². The molecule has 0 saturated carbocycles. The third-order valence-corrected chi connectivity index (χ3v) is 5.26. The summed E-state index contributed by atoms with van der Waals surface area (Å²) in [5.74, 6) is -0.432. The van der Waals surface area contributed by atoms with Gasteiger partial charge >= 0.3 is 0 Å². The van der Waals surface area contributed by atoms with Gasteiger partial charge in [0.25, 0.3) is 5.91 Å². The summed E-state index contributed by atoms with van der Waals surface area (Å²) in [7, 11) is 0. The fourth-order valence-electron chi connectivity index (χ4n) is 3.85. The van der Waals surface area contributed by atoms with Crippen LogP contribution < -0.4 is 11.1 Å². The third kappa shape index (κ3) is 2.68. The van der Waals surface area contributed by atoms with E-state index in [4.69, 9.17) is 5.73 Å². The molecular formula is C18H22FN5O. The van der Waals surface area contributed by atoms with Gasteiger partial charge in [-0.2, -0.15) is 0 Å². The number of fused-ring (bicyclic) bond motifs is 2. The van der Waals surface area contributed by atoms with Crippen LogP contribution in [0.15, 0.2) is 18.2 Å². The van der Waals surface area contributed by atoms with Gasteiger partial charge in [0.1, 0.15) is 11.6 Å². The quantitative estimate of drug-likeness (QED) is 0.874. The zero-order valence-corrected chi connectivity index (χ0v) is 14.3. The van der Waals surface area contributed by atoms with Crippen molar-refractivity contribution in [2.75, 3.05) is 30.7 Å². The molecule has 0 fully saturated rings. The minimum Gasteiger partial charge on any atom is -0.385 e. The number of aromatic nitrogens is 2. The van der Waals surface area contributed by atoms with Crippen molar-refractivity contribution in [2.24, 2.45) is 0 Å². The van der Waals surface area contributed by atoms with Crippen LogP contribution in [-0.2, 0) is 13.0 Å². The number of likely N-dealkylation sites (N-methyl/N-ethyl adjacent to an activating group) is 1. The Labute approximate surface area is 145 Å². The predicted molar refractivity (Wildman–Crippen MR) is 94.2 cm³/mol. The molecule has 2 aliphatic heterocycles. The van der Waals surface area contributed by atoms with Crippen molar-refractivity contribution in [3.8, 4) is 0 Å². The van der Waals surface area contributed by atoms with Gasteiger partial charge in [-0.25, -0.2) is 9.07 Å². The highest BCUT2D eigenvalue weighted by Crippen LogP contribution is 2.34. The zero-order valence-electron chi connectivity index (χ0n) is 14.3. The maximum Gasteiger partial charge on any atom is 0.254 e. The molecule has 1 unspecified atom stereocenters. The summed E-state index contributed by atoms with van der Waals surface area (Å²) in [5, 5.41) is 7.56. The predicted octanol–water partition coefficient (Wildman–Crippen LogP) is 2.22. The van der Waals surface area contributed by atoms with Gasteiger partial charge in [-0.05, 0) is 43.1 Å². The number of nitrogen functional groups attached to an aromatic ring is 1. The van der Waals surface area contributed by atoms with Crippen molar-refractivity contribution >= 4 is 17.4 Å². The minimum absolute atomic E-state index is 0.126. The average molecular weight is 343 g/mol. The SMILES string of the molecule is CCN1CCc2c(N)nn(C(=O)C3CCNc4ccc(F)cc43)c2C1. The van der Waals surface area contributed by atoms with E-state index < -0.39 is 5.92 Å². The number of carbonyl (C=O) groups is 1. The molecule has 0 aliphatic carbocycles. The topological polar surface area (TPSA) is 76.2 Å². The van der Waals surface area contributed by atoms with Crippen LogP contribution in [0.25, 0.3) is 0 Å². The summed E-state index contributed by atoms with van der Waals surface area (Å²) in [6.45, 7) is 5.29. The Morgan fingerprint density at radius 2 is 2.32 bits per heavy atom. The molecule has 0 bridgehead atoms.